The molecule has 2 rings (SSSR count). The fourth-order valence-corrected chi connectivity index (χ4v) is 1.94. The molecule has 0 aliphatic heterocycles. The van der Waals surface area contributed by atoms with Gasteiger partial charge in [-0.05, 0) is 35.8 Å². The van der Waals surface area contributed by atoms with Crippen LogP contribution in [-0.4, -0.2) is 20.7 Å². The van der Waals surface area contributed by atoms with Gasteiger partial charge in [0.1, 0.15) is 6.54 Å². The van der Waals surface area contributed by atoms with Crippen molar-refractivity contribution in [2.45, 2.75) is 20.4 Å². The molecule has 0 bridgehead atoms. The second-order valence-electron chi connectivity index (χ2n) is 4.18. The smallest absolute Gasteiger partial charge is 0.251 e. The molecule has 0 aliphatic rings. The Morgan fingerprint density at radius 2 is 2.21 bits per heavy atom. The lowest BCUT2D eigenvalue weighted by Gasteiger charge is -2.06. The molecule has 19 heavy (non-hydrogen) atoms. The number of nitrogens with zero attached hydrogens (tertiary/aromatic N) is 2. The number of carbonyl (C=O) groups excluding carboxylic acids is 1. The van der Waals surface area contributed by atoms with Crippen LogP contribution in [0.5, 0.6) is 0 Å². The molecule has 2 N–H and O–H groups in total. The number of aryl methyl sites for hydroxylation is 1. The van der Waals surface area contributed by atoms with Crippen LogP contribution < -0.4 is 10.9 Å². The van der Waals surface area contributed by atoms with Crippen LogP contribution >= 0.6 is 15.9 Å². The summed E-state index contributed by atoms with van der Waals surface area (Å²) in [5, 5.41) is 9.44. The van der Waals surface area contributed by atoms with Crippen LogP contribution in [-0.2, 0) is 11.3 Å². The van der Waals surface area contributed by atoms with Gasteiger partial charge in [-0.2, -0.15) is 5.10 Å². The zero-order valence-electron chi connectivity index (χ0n) is 10.5. The number of aromatic amines is 1. The molecule has 0 saturated carbocycles. The highest BCUT2D eigenvalue weighted by atomic mass is 79.9. The summed E-state index contributed by atoms with van der Waals surface area (Å²) in [4.78, 5) is 23.4. The van der Waals surface area contributed by atoms with E-state index in [2.05, 4.69) is 31.4 Å². The van der Waals surface area contributed by atoms with Crippen molar-refractivity contribution >= 4 is 27.7 Å². The summed E-state index contributed by atoms with van der Waals surface area (Å²) >= 11 is 3.26. The molecule has 0 aliphatic carbocycles. The number of anilines is 1. The number of rotatable bonds is 3. The fourth-order valence-electron chi connectivity index (χ4n) is 1.56. The van der Waals surface area contributed by atoms with Crippen molar-refractivity contribution in [2.75, 3.05) is 5.32 Å². The van der Waals surface area contributed by atoms with Crippen molar-refractivity contribution < 1.29 is 4.79 Å². The van der Waals surface area contributed by atoms with Crippen molar-refractivity contribution in [3.8, 4) is 0 Å². The van der Waals surface area contributed by atoms with E-state index in [9.17, 15) is 9.59 Å². The molecule has 0 unspecified atom stereocenters. The van der Waals surface area contributed by atoms with Gasteiger partial charge < -0.3 is 9.88 Å². The van der Waals surface area contributed by atoms with Gasteiger partial charge in [0.05, 0.1) is 0 Å². The van der Waals surface area contributed by atoms with Gasteiger partial charge in [-0.1, -0.05) is 0 Å². The summed E-state index contributed by atoms with van der Waals surface area (Å²) < 4.78 is 2.07. The topological polar surface area (TPSA) is 79.8 Å². The second-order valence-corrected chi connectivity index (χ2v) is 5.10. The van der Waals surface area contributed by atoms with Crippen molar-refractivity contribution in [2.24, 2.45) is 0 Å². The molecule has 0 radical (unpaired) electrons. The average Bonchev–Trinajstić information content (AvgIpc) is 2.66. The quantitative estimate of drug-likeness (QED) is 0.899. The van der Waals surface area contributed by atoms with Crippen molar-refractivity contribution in [1.82, 2.24) is 14.8 Å². The molecule has 100 valence electrons. The molecule has 2 aromatic rings. The minimum absolute atomic E-state index is 0.0520. The van der Waals surface area contributed by atoms with E-state index >= 15 is 0 Å². The lowest BCUT2D eigenvalue weighted by Crippen LogP contribution is -2.27. The number of hydrogen-bond acceptors (Lipinski definition) is 3. The summed E-state index contributed by atoms with van der Waals surface area (Å²) in [5.74, 6) is 0.195. The maximum atomic E-state index is 11.9. The summed E-state index contributed by atoms with van der Waals surface area (Å²) in [5.41, 5.74) is 1.55. The van der Waals surface area contributed by atoms with Gasteiger partial charge in [0, 0.05) is 28.0 Å². The third-order valence-corrected chi connectivity index (χ3v) is 3.24. The molecule has 0 fully saturated rings. The van der Waals surface area contributed by atoms with Crippen molar-refractivity contribution in [3.05, 3.63) is 44.4 Å². The highest BCUT2D eigenvalue weighted by Crippen LogP contribution is 2.13. The second kappa shape index (κ2) is 5.40. The lowest BCUT2D eigenvalue weighted by atomic mass is 10.3. The standard InChI is InChI=1S/C12H13BrN4O2/c1-7-8(2)15-16-12(7)14-10(18)6-17-5-9(13)3-4-11(17)19/h3-5H,6H2,1-2H3,(H2,14,15,16,18). The molecule has 0 aromatic carbocycles. The van der Waals surface area contributed by atoms with Gasteiger partial charge in [0.2, 0.25) is 5.91 Å². The largest absolute Gasteiger partial charge is 0.307 e. The van der Waals surface area contributed by atoms with Gasteiger partial charge in [-0.25, -0.2) is 0 Å². The van der Waals surface area contributed by atoms with Crippen LogP contribution in [0.1, 0.15) is 11.3 Å². The minimum Gasteiger partial charge on any atom is -0.307 e. The first-order chi connectivity index (χ1) is 8.97. The van der Waals surface area contributed by atoms with E-state index in [1.807, 2.05) is 13.8 Å². The Bertz CT molecular complexity index is 675. The molecule has 0 atom stereocenters. The number of nitrogens with one attached hydrogen (secondary N) is 2. The molecular formula is C12H13BrN4O2. The number of pyridine rings is 1. The van der Waals surface area contributed by atoms with Crippen molar-refractivity contribution in [1.29, 1.82) is 0 Å². The van der Waals surface area contributed by atoms with E-state index in [1.54, 1.807) is 12.3 Å². The van der Waals surface area contributed by atoms with Gasteiger partial charge in [0.15, 0.2) is 5.82 Å². The highest BCUT2D eigenvalue weighted by Gasteiger charge is 2.10. The third-order valence-electron chi connectivity index (χ3n) is 2.77. The Morgan fingerprint density at radius 3 is 2.84 bits per heavy atom. The Kier molecular flexibility index (Phi) is 3.84. The number of amides is 1. The Labute approximate surface area is 118 Å². The van der Waals surface area contributed by atoms with E-state index in [1.165, 1.54) is 10.6 Å². The predicted octanol–water partition coefficient (Wildman–Crippen LogP) is 1.59. The maximum absolute atomic E-state index is 11.9. The molecule has 2 heterocycles. The first-order valence-corrected chi connectivity index (χ1v) is 6.44. The van der Waals surface area contributed by atoms with Crippen molar-refractivity contribution in [3.63, 3.8) is 0 Å². The molecule has 1 amide bonds. The van der Waals surface area contributed by atoms with Crippen LogP contribution in [0.4, 0.5) is 5.82 Å². The third kappa shape index (κ3) is 3.11. The molecule has 0 saturated heterocycles. The first kappa shape index (κ1) is 13.5. The molecule has 6 nitrogen and oxygen atoms in total. The van der Waals surface area contributed by atoms with E-state index in [4.69, 9.17) is 0 Å². The number of carbonyl (C=O) groups is 1. The van der Waals surface area contributed by atoms with Crippen LogP contribution in [0.2, 0.25) is 0 Å². The summed E-state index contributed by atoms with van der Waals surface area (Å²) in [7, 11) is 0. The van der Waals surface area contributed by atoms with Gasteiger partial charge in [0.25, 0.3) is 5.56 Å². The average molecular weight is 325 g/mol. The van der Waals surface area contributed by atoms with Crippen LogP contribution in [0, 0.1) is 13.8 Å². The zero-order valence-corrected chi connectivity index (χ0v) is 12.1. The Hall–Kier alpha value is -1.89. The van der Waals surface area contributed by atoms with E-state index in [-0.39, 0.29) is 18.0 Å². The number of halogens is 1. The SMILES string of the molecule is Cc1[nH]nc(NC(=O)Cn2cc(Br)ccc2=O)c1C. The zero-order chi connectivity index (χ0) is 14.0. The highest BCUT2D eigenvalue weighted by molar-refractivity contribution is 9.10. The van der Waals surface area contributed by atoms with Crippen LogP contribution in [0.3, 0.4) is 0 Å². The van der Waals surface area contributed by atoms with E-state index in [0.29, 0.717) is 5.82 Å². The Morgan fingerprint density at radius 1 is 1.47 bits per heavy atom. The summed E-state index contributed by atoms with van der Waals surface area (Å²) in [6.45, 7) is 3.68. The molecule has 7 heteroatoms. The van der Waals surface area contributed by atoms with Gasteiger partial charge >= 0.3 is 0 Å². The number of aromatic nitrogens is 3. The normalized spacial score (nSPS) is 10.5. The van der Waals surface area contributed by atoms with Gasteiger partial charge in [-0.3, -0.25) is 14.7 Å². The van der Waals surface area contributed by atoms with Crippen LogP contribution in [0.15, 0.2) is 27.6 Å². The molecule has 0 spiro atoms. The van der Waals surface area contributed by atoms with Crippen LogP contribution in [0.25, 0.3) is 0 Å². The predicted molar refractivity (Wildman–Crippen MR) is 75.1 cm³/mol. The number of hydrogen-bond donors (Lipinski definition) is 2. The molecular weight excluding hydrogens is 312 g/mol. The first-order valence-electron chi connectivity index (χ1n) is 5.65. The number of H-pyrrole nitrogens is 1. The Balaban J connectivity index is 2.12. The van der Waals surface area contributed by atoms with E-state index in [0.717, 1.165) is 15.7 Å². The van der Waals surface area contributed by atoms with E-state index < -0.39 is 0 Å². The van der Waals surface area contributed by atoms with Gasteiger partial charge in [-0.15, -0.1) is 0 Å². The maximum Gasteiger partial charge on any atom is 0.251 e. The summed E-state index contributed by atoms with van der Waals surface area (Å²) in [6, 6.07) is 3.04. The monoisotopic (exact) mass is 324 g/mol. The summed E-state index contributed by atoms with van der Waals surface area (Å²) in [6.07, 6.45) is 1.57. The fraction of sp³-hybridized carbons (Fsp3) is 0.250. The lowest BCUT2D eigenvalue weighted by molar-refractivity contribution is -0.116. The minimum atomic E-state index is -0.296. The molecule has 2 aromatic heterocycles.